The van der Waals surface area contributed by atoms with Crippen LogP contribution in [0, 0.1) is 5.41 Å². The van der Waals surface area contributed by atoms with E-state index in [0.29, 0.717) is 10.8 Å². The number of rotatable bonds is 6. The second-order valence-corrected chi connectivity index (χ2v) is 6.76. The topological polar surface area (TPSA) is 26.0 Å². The second kappa shape index (κ2) is 5.11. The van der Waals surface area contributed by atoms with Gasteiger partial charge in [0.2, 0.25) is 0 Å². The van der Waals surface area contributed by atoms with Gasteiger partial charge in [0.25, 0.3) is 0 Å². The molecular weight excluding hydrogens is 226 g/mol. The van der Waals surface area contributed by atoms with Gasteiger partial charge in [-0.15, -0.1) is 11.3 Å². The van der Waals surface area contributed by atoms with Gasteiger partial charge in [-0.3, -0.25) is 0 Å². The van der Waals surface area contributed by atoms with Gasteiger partial charge in [-0.2, -0.15) is 0 Å². The van der Waals surface area contributed by atoms with E-state index < -0.39 is 0 Å². The average molecular weight is 251 g/mol. The van der Waals surface area contributed by atoms with E-state index >= 15 is 0 Å². The summed E-state index contributed by atoms with van der Waals surface area (Å²) in [6.45, 7) is 5.44. The smallest absolute Gasteiger partial charge is 0.0180 e. The summed E-state index contributed by atoms with van der Waals surface area (Å²) in [6, 6.07) is 4.44. The van der Waals surface area contributed by atoms with Crippen LogP contribution in [-0.2, 0) is 5.41 Å². The lowest BCUT2D eigenvalue weighted by Crippen LogP contribution is -2.53. The van der Waals surface area contributed by atoms with Gasteiger partial charge in [0.05, 0.1) is 0 Å². The maximum Gasteiger partial charge on any atom is 0.0180 e. The molecule has 0 spiro atoms. The van der Waals surface area contributed by atoms with Crippen molar-refractivity contribution in [3.05, 3.63) is 22.4 Å². The largest absolute Gasteiger partial charge is 0.330 e. The lowest BCUT2D eigenvalue weighted by atomic mass is 9.49. The molecule has 0 saturated heterocycles. The third-order valence-corrected chi connectivity index (χ3v) is 5.54. The van der Waals surface area contributed by atoms with Gasteiger partial charge >= 0.3 is 0 Å². The van der Waals surface area contributed by atoms with Gasteiger partial charge in [-0.05, 0) is 42.5 Å². The van der Waals surface area contributed by atoms with Crippen molar-refractivity contribution in [3.8, 4) is 0 Å². The van der Waals surface area contributed by atoms with Crippen molar-refractivity contribution in [1.82, 2.24) is 0 Å². The van der Waals surface area contributed by atoms with Crippen LogP contribution in [0.25, 0.3) is 0 Å². The molecule has 17 heavy (non-hydrogen) atoms. The van der Waals surface area contributed by atoms with E-state index in [4.69, 9.17) is 5.73 Å². The molecule has 0 atom stereocenters. The molecule has 1 aromatic rings. The van der Waals surface area contributed by atoms with E-state index in [1.165, 1.54) is 43.4 Å². The fourth-order valence-electron chi connectivity index (χ4n) is 3.92. The molecule has 2 heteroatoms. The Hall–Kier alpha value is -0.340. The minimum absolute atomic E-state index is 0.318. The molecule has 1 aliphatic rings. The number of thiophene rings is 1. The first-order chi connectivity index (χ1) is 8.20. The first-order valence-electron chi connectivity index (χ1n) is 6.94. The van der Waals surface area contributed by atoms with E-state index in [9.17, 15) is 0 Å². The van der Waals surface area contributed by atoms with Crippen LogP contribution in [0.2, 0.25) is 0 Å². The molecule has 1 saturated carbocycles. The Morgan fingerprint density at radius 1 is 1.24 bits per heavy atom. The van der Waals surface area contributed by atoms with Crippen LogP contribution < -0.4 is 5.73 Å². The highest BCUT2D eigenvalue weighted by atomic mass is 32.1. The zero-order chi connectivity index (χ0) is 12.4. The SMILES string of the molecule is CCCC1(CCC)CC(CN)(c2cccs2)C1. The van der Waals surface area contributed by atoms with Crippen molar-refractivity contribution in [2.24, 2.45) is 11.1 Å². The van der Waals surface area contributed by atoms with Crippen LogP contribution in [-0.4, -0.2) is 6.54 Å². The molecule has 96 valence electrons. The van der Waals surface area contributed by atoms with E-state index in [0.717, 1.165) is 6.54 Å². The van der Waals surface area contributed by atoms with Crippen LogP contribution in [0.5, 0.6) is 0 Å². The van der Waals surface area contributed by atoms with Gasteiger partial charge in [0.1, 0.15) is 0 Å². The maximum atomic E-state index is 6.08. The minimum atomic E-state index is 0.318. The highest BCUT2D eigenvalue weighted by Crippen LogP contribution is 2.60. The molecule has 1 aromatic heterocycles. The van der Waals surface area contributed by atoms with Gasteiger partial charge in [-0.1, -0.05) is 32.8 Å². The summed E-state index contributed by atoms with van der Waals surface area (Å²) < 4.78 is 0. The quantitative estimate of drug-likeness (QED) is 0.800. The maximum absolute atomic E-state index is 6.08. The lowest BCUT2D eigenvalue weighted by Gasteiger charge is -2.56. The Kier molecular flexibility index (Phi) is 3.94. The monoisotopic (exact) mass is 251 g/mol. The number of hydrogen-bond acceptors (Lipinski definition) is 2. The Morgan fingerprint density at radius 2 is 1.88 bits per heavy atom. The number of hydrogen-bond donors (Lipinski definition) is 1. The van der Waals surface area contributed by atoms with Gasteiger partial charge in [0.15, 0.2) is 0 Å². The highest BCUT2D eigenvalue weighted by molar-refractivity contribution is 7.10. The molecule has 2 rings (SSSR count). The molecule has 0 amide bonds. The Balaban J connectivity index is 2.11. The molecule has 0 bridgehead atoms. The summed E-state index contributed by atoms with van der Waals surface area (Å²) >= 11 is 1.89. The lowest BCUT2D eigenvalue weighted by molar-refractivity contribution is 0.00995. The molecule has 1 heterocycles. The molecule has 0 aliphatic heterocycles. The van der Waals surface area contributed by atoms with E-state index in [2.05, 4.69) is 31.4 Å². The molecule has 1 aliphatic carbocycles. The van der Waals surface area contributed by atoms with E-state index in [1.54, 1.807) is 0 Å². The first-order valence-corrected chi connectivity index (χ1v) is 7.82. The van der Waals surface area contributed by atoms with Crippen molar-refractivity contribution >= 4 is 11.3 Å². The Bertz CT molecular complexity index is 328. The fourth-order valence-corrected chi connectivity index (χ4v) is 4.86. The molecule has 0 radical (unpaired) electrons. The summed E-state index contributed by atoms with van der Waals surface area (Å²) in [5, 5.41) is 2.19. The predicted octanol–water partition coefficient (Wildman–Crippen LogP) is 4.33. The van der Waals surface area contributed by atoms with Crippen LogP contribution >= 0.6 is 11.3 Å². The van der Waals surface area contributed by atoms with Crippen LogP contribution in [0.1, 0.15) is 57.2 Å². The summed E-state index contributed by atoms with van der Waals surface area (Å²) in [4.78, 5) is 1.52. The molecule has 0 unspecified atom stereocenters. The van der Waals surface area contributed by atoms with Crippen LogP contribution in [0.15, 0.2) is 17.5 Å². The second-order valence-electron chi connectivity index (χ2n) is 5.82. The first kappa shape index (κ1) is 13.1. The van der Waals surface area contributed by atoms with E-state index in [-0.39, 0.29) is 0 Å². The van der Waals surface area contributed by atoms with Crippen LogP contribution in [0.4, 0.5) is 0 Å². The minimum Gasteiger partial charge on any atom is -0.330 e. The molecule has 2 N–H and O–H groups in total. The van der Waals surface area contributed by atoms with Gasteiger partial charge in [0, 0.05) is 16.8 Å². The van der Waals surface area contributed by atoms with E-state index in [1.807, 2.05) is 11.3 Å². The summed E-state index contributed by atoms with van der Waals surface area (Å²) in [5.41, 5.74) is 7.00. The summed E-state index contributed by atoms with van der Waals surface area (Å²) in [6.07, 6.45) is 8.02. The van der Waals surface area contributed by atoms with Crippen molar-refractivity contribution in [3.63, 3.8) is 0 Å². The Morgan fingerprint density at radius 3 is 2.29 bits per heavy atom. The summed E-state index contributed by atoms with van der Waals surface area (Å²) in [5.74, 6) is 0. The standard InChI is InChI=1S/C15H25NS/c1-3-7-14(8-4-2)10-15(11-14,12-16)13-6-5-9-17-13/h5-6,9H,3-4,7-8,10-12,16H2,1-2H3. The highest BCUT2D eigenvalue weighted by Gasteiger charge is 2.53. The van der Waals surface area contributed by atoms with Gasteiger partial charge in [-0.25, -0.2) is 0 Å². The predicted molar refractivity (Wildman–Crippen MR) is 76.5 cm³/mol. The number of nitrogens with two attached hydrogens (primary N) is 1. The van der Waals surface area contributed by atoms with Crippen LogP contribution in [0.3, 0.4) is 0 Å². The van der Waals surface area contributed by atoms with Gasteiger partial charge < -0.3 is 5.73 Å². The zero-order valence-corrected chi connectivity index (χ0v) is 12.0. The fraction of sp³-hybridized carbons (Fsp3) is 0.733. The van der Waals surface area contributed by atoms with Crippen molar-refractivity contribution in [1.29, 1.82) is 0 Å². The van der Waals surface area contributed by atoms with Crippen molar-refractivity contribution in [2.45, 2.75) is 57.8 Å². The third kappa shape index (κ3) is 2.30. The molecule has 0 aromatic carbocycles. The average Bonchev–Trinajstić information content (AvgIpc) is 2.79. The zero-order valence-electron chi connectivity index (χ0n) is 11.2. The van der Waals surface area contributed by atoms with Crippen molar-refractivity contribution in [2.75, 3.05) is 6.54 Å². The normalized spacial score (nSPS) is 21.1. The Labute approximate surface area is 109 Å². The third-order valence-electron chi connectivity index (χ3n) is 4.42. The summed E-state index contributed by atoms with van der Waals surface area (Å²) in [7, 11) is 0. The molecular formula is C15H25NS. The molecule has 1 nitrogen and oxygen atoms in total. The van der Waals surface area contributed by atoms with Crippen molar-refractivity contribution < 1.29 is 0 Å². The molecule has 1 fully saturated rings.